The van der Waals surface area contributed by atoms with Crippen LogP contribution in [0.1, 0.15) is 32.9 Å². The van der Waals surface area contributed by atoms with Crippen LogP contribution in [0.3, 0.4) is 0 Å². The van der Waals surface area contributed by atoms with Crippen molar-refractivity contribution in [2.75, 3.05) is 19.4 Å². The minimum atomic E-state index is -0.158. The first-order valence-electron chi connectivity index (χ1n) is 9.58. The fourth-order valence-corrected chi connectivity index (χ4v) is 2.95. The smallest absolute Gasteiger partial charge is 0.253 e. The molecule has 2 amide bonds. The fraction of sp³-hybridized carbons (Fsp3) is 0.261. The Kier molecular flexibility index (Phi) is 6.51. The van der Waals surface area contributed by atoms with Crippen LogP contribution in [0.15, 0.2) is 53.1 Å². The topological polar surface area (TPSA) is 84.7 Å². The second-order valence-corrected chi connectivity index (χ2v) is 7.24. The van der Waals surface area contributed by atoms with Crippen molar-refractivity contribution >= 4 is 17.5 Å². The van der Waals surface area contributed by atoms with Gasteiger partial charge in [0.25, 0.3) is 5.91 Å². The molecule has 0 radical (unpaired) electrons. The van der Waals surface area contributed by atoms with E-state index < -0.39 is 0 Å². The van der Waals surface area contributed by atoms with Crippen molar-refractivity contribution in [3.05, 3.63) is 76.7 Å². The van der Waals surface area contributed by atoms with Crippen LogP contribution in [0.25, 0.3) is 0 Å². The normalized spacial score (nSPS) is 10.5. The van der Waals surface area contributed by atoms with Crippen LogP contribution in [0.2, 0.25) is 0 Å². The van der Waals surface area contributed by atoms with Crippen LogP contribution in [-0.2, 0) is 17.8 Å². The van der Waals surface area contributed by atoms with Crippen molar-refractivity contribution in [1.29, 1.82) is 0 Å². The molecule has 0 bridgehead atoms. The summed E-state index contributed by atoms with van der Waals surface area (Å²) in [5.74, 6) is 1.18. The van der Waals surface area contributed by atoms with Crippen LogP contribution < -0.4 is 10.1 Å². The molecule has 0 aliphatic heterocycles. The summed E-state index contributed by atoms with van der Waals surface area (Å²) in [7, 11) is 3.38. The third-order valence-electron chi connectivity index (χ3n) is 4.65. The van der Waals surface area contributed by atoms with E-state index in [-0.39, 0.29) is 18.2 Å². The molecule has 1 heterocycles. The first-order valence-corrected chi connectivity index (χ1v) is 9.58. The van der Waals surface area contributed by atoms with Gasteiger partial charge >= 0.3 is 0 Å². The van der Waals surface area contributed by atoms with Crippen LogP contribution in [0.4, 0.5) is 5.69 Å². The minimum Gasteiger partial charge on any atom is -0.489 e. The van der Waals surface area contributed by atoms with Gasteiger partial charge in [-0.1, -0.05) is 23.4 Å². The molecule has 0 atom stereocenters. The third-order valence-corrected chi connectivity index (χ3v) is 4.65. The second kappa shape index (κ2) is 9.26. The SMILES string of the molecule is Cc1noc(C)c1COc1ccc(CC(=O)Nc2cccc(C(=O)N(C)C)c2)cc1. The first-order chi connectivity index (χ1) is 14.3. The second-order valence-electron chi connectivity index (χ2n) is 7.24. The Morgan fingerprint density at radius 3 is 2.47 bits per heavy atom. The Morgan fingerprint density at radius 1 is 1.10 bits per heavy atom. The summed E-state index contributed by atoms with van der Waals surface area (Å²) in [5.41, 5.74) is 3.73. The highest BCUT2D eigenvalue weighted by Gasteiger charge is 2.11. The van der Waals surface area contributed by atoms with Crippen LogP contribution >= 0.6 is 0 Å². The molecule has 30 heavy (non-hydrogen) atoms. The molecule has 0 fully saturated rings. The summed E-state index contributed by atoms with van der Waals surface area (Å²) in [5, 5.41) is 6.75. The van der Waals surface area contributed by atoms with E-state index in [2.05, 4.69) is 10.5 Å². The molecule has 0 unspecified atom stereocenters. The fourth-order valence-electron chi connectivity index (χ4n) is 2.95. The van der Waals surface area contributed by atoms with Crippen molar-refractivity contribution in [1.82, 2.24) is 10.1 Å². The number of aryl methyl sites for hydroxylation is 2. The number of ether oxygens (including phenoxy) is 1. The van der Waals surface area contributed by atoms with Gasteiger partial charge in [-0.2, -0.15) is 0 Å². The zero-order chi connectivity index (χ0) is 21.7. The molecule has 0 saturated carbocycles. The summed E-state index contributed by atoms with van der Waals surface area (Å²) in [6, 6.07) is 14.3. The van der Waals surface area contributed by atoms with Gasteiger partial charge in [-0.15, -0.1) is 0 Å². The Bertz CT molecular complexity index is 1020. The number of carbonyl (C=O) groups excluding carboxylic acids is 2. The lowest BCUT2D eigenvalue weighted by atomic mass is 10.1. The Hall–Kier alpha value is -3.61. The highest BCUT2D eigenvalue weighted by molar-refractivity contribution is 5.97. The maximum atomic E-state index is 12.4. The van der Waals surface area contributed by atoms with E-state index in [1.54, 1.807) is 38.4 Å². The Labute approximate surface area is 175 Å². The van der Waals surface area contributed by atoms with Gasteiger partial charge in [0.2, 0.25) is 5.91 Å². The van der Waals surface area contributed by atoms with Gasteiger partial charge in [0.1, 0.15) is 18.1 Å². The van der Waals surface area contributed by atoms with Crippen LogP contribution in [0.5, 0.6) is 5.75 Å². The summed E-state index contributed by atoms with van der Waals surface area (Å²) < 4.78 is 10.9. The number of hydrogen-bond donors (Lipinski definition) is 1. The molecule has 0 spiro atoms. The molecule has 7 nitrogen and oxygen atoms in total. The van der Waals surface area contributed by atoms with E-state index in [9.17, 15) is 9.59 Å². The van der Waals surface area contributed by atoms with E-state index in [0.717, 1.165) is 22.6 Å². The lowest BCUT2D eigenvalue weighted by Crippen LogP contribution is -2.22. The molecule has 7 heteroatoms. The molecular formula is C23H25N3O4. The standard InChI is InChI=1S/C23H25N3O4/c1-15-21(16(2)30-25-15)14-29-20-10-8-17(9-11-20)12-22(27)24-19-7-5-6-18(13-19)23(28)26(3)4/h5-11,13H,12,14H2,1-4H3,(H,24,27). The molecule has 0 saturated heterocycles. The third kappa shape index (κ3) is 5.26. The number of amides is 2. The molecule has 3 aromatic rings. The van der Waals surface area contributed by atoms with Crippen molar-refractivity contribution < 1.29 is 18.8 Å². The predicted molar refractivity (Wildman–Crippen MR) is 114 cm³/mol. The lowest BCUT2D eigenvalue weighted by molar-refractivity contribution is -0.115. The molecule has 2 aromatic carbocycles. The van der Waals surface area contributed by atoms with Crippen molar-refractivity contribution in [2.45, 2.75) is 26.9 Å². The molecule has 156 valence electrons. The van der Waals surface area contributed by atoms with E-state index >= 15 is 0 Å². The van der Waals surface area contributed by atoms with E-state index in [0.29, 0.717) is 23.6 Å². The van der Waals surface area contributed by atoms with E-state index in [4.69, 9.17) is 9.26 Å². The molecule has 0 aliphatic carbocycles. The predicted octanol–water partition coefficient (Wildman–Crippen LogP) is 3.75. The van der Waals surface area contributed by atoms with Crippen molar-refractivity contribution in [3.8, 4) is 5.75 Å². The van der Waals surface area contributed by atoms with Gasteiger partial charge in [-0.05, 0) is 49.7 Å². The summed E-state index contributed by atoms with van der Waals surface area (Å²) in [6.45, 7) is 4.11. The van der Waals surface area contributed by atoms with Crippen LogP contribution in [-0.4, -0.2) is 36.0 Å². The molecule has 3 rings (SSSR count). The summed E-state index contributed by atoms with van der Waals surface area (Å²) >= 11 is 0. The zero-order valence-electron chi connectivity index (χ0n) is 17.6. The molecule has 1 N–H and O–H groups in total. The number of rotatable bonds is 7. The van der Waals surface area contributed by atoms with Gasteiger partial charge in [0.15, 0.2) is 0 Å². The van der Waals surface area contributed by atoms with Crippen LogP contribution in [0, 0.1) is 13.8 Å². The highest BCUT2D eigenvalue weighted by Crippen LogP contribution is 2.18. The van der Waals surface area contributed by atoms with Gasteiger partial charge in [0.05, 0.1) is 17.7 Å². The summed E-state index contributed by atoms with van der Waals surface area (Å²) in [6.07, 6.45) is 0.218. The average Bonchev–Trinajstić information content (AvgIpc) is 3.04. The summed E-state index contributed by atoms with van der Waals surface area (Å²) in [4.78, 5) is 25.9. The minimum absolute atomic E-state index is 0.113. The van der Waals surface area contributed by atoms with E-state index in [1.165, 1.54) is 4.90 Å². The van der Waals surface area contributed by atoms with Gasteiger partial charge in [-0.25, -0.2) is 0 Å². The number of hydrogen-bond acceptors (Lipinski definition) is 5. The van der Waals surface area contributed by atoms with Crippen molar-refractivity contribution in [2.24, 2.45) is 0 Å². The number of carbonyl (C=O) groups is 2. The number of anilines is 1. The molecule has 0 aliphatic rings. The lowest BCUT2D eigenvalue weighted by Gasteiger charge is -2.12. The number of benzene rings is 2. The Balaban J connectivity index is 1.56. The maximum Gasteiger partial charge on any atom is 0.253 e. The van der Waals surface area contributed by atoms with Gasteiger partial charge in [0, 0.05) is 25.3 Å². The van der Waals surface area contributed by atoms with E-state index in [1.807, 2.05) is 38.1 Å². The Morgan fingerprint density at radius 2 is 1.83 bits per heavy atom. The maximum absolute atomic E-state index is 12.4. The molecule has 1 aromatic heterocycles. The quantitative estimate of drug-likeness (QED) is 0.645. The highest BCUT2D eigenvalue weighted by atomic mass is 16.5. The number of nitrogens with one attached hydrogen (secondary N) is 1. The van der Waals surface area contributed by atoms with Gasteiger partial charge in [-0.3, -0.25) is 9.59 Å². The van der Waals surface area contributed by atoms with Gasteiger partial charge < -0.3 is 19.5 Å². The average molecular weight is 407 g/mol. The first kappa shape index (κ1) is 21.1. The van der Waals surface area contributed by atoms with Crippen molar-refractivity contribution in [3.63, 3.8) is 0 Å². The monoisotopic (exact) mass is 407 g/mol. The number of aromatic nitrogens is 1. The number of nitrogens with zero attached hydrogens (tertiary/aromatic N) is 2. The zero-order valence-corrected chi connectivity index (χ0v) is 17.6. The largest absolute Gasteiger partial charge is 0.489 e. The molecular weight excluding hydrogens is 382 g/mol.